The van der Waals surface area contributed by atoms with E-state index in [0.717, 1.165) is 6.07 Å². The molecule has 0 bridgehead atoms. The van der Waals surface area contributed by atoms with Crippen LogP contribution in [0.5, 0.6) is 11.5 Å². The smallest absolute Gasteiger partial charge is 0.335 e. The number of halogens is 1. The van der Waals surface area contributed by atoms with Gasteiger partial charge in [0.15, 0.2) is 23.3 Å². The summed E-state index contributed by atoms with van der Waals surface area (Å²) >= 11 is 0. The third kappa shape index (κ3) is 4.26. The topological polar surface area (TPSA) is 163 Å². The maximum Gasteiger partial charge on any atom is 0.335 e. The molecule has 11 heteroatoms. The van der Waals surface area contributed by atoms with Crippen LogP contribution in [0.15, 0.2) is 47.4 Å². The van der Waals surface area contributed by atoms with Crippen LogP contribution in [0, 0.1) is 5.82 Å². The highest BCUT2D eigenvalue weighted by Crippen LogP contribution is 2.33. The van der Waals surface area contributed by atoms with E-state index in [0.29, 0.717) is 23.1 Å². The van der Waals surface area contributed by atoms with Crippen molar-refractivity contribution in [3.05, 3.63) is 54.4 Å². The number of carboxylic acids is 1. The van der Waals surface area contributed by atoms with Gasteiger partial charge in [-0.05, 0) is 30.7 Å². The Kier molecular flexibility index (Phi) is 6.04. The molecule has 0 aliphatic carbocycles. The number of phenolic OH excluding ortho intramolecular Hbond substituents is 1. The predicted octanol–water partition coefficient (Wildman–Crippen LogP) is 1.34. The molecule has 0 saturated carbocycles. The average molecular weight is 461 g/mol. The molecule has 1 unspecified atom stereocenters. The fourth-order valence-corrected chi connectivity index (χ4v) is 3.50. The number of aliphatic hydroxyl groups excluding tert-OH is 3. The average Bonchev–Trinajstić information content (AvgIpc) is 3.20. The van der Waals surface area contributed by atoms with E-state index < -0.39 is 48.2 Å². The second-order valence-corrected chi connectivity index (χ2v) is 7.46. The Hall–Kier alpha value is -3.51. The first kappa shape index (κ1) is 22.7. The molecule has 2 aromatic carbocycles. The Morgan fingerprint density at radius 3 is 2.61 bits per heavy atom. The lowest BCUT2D eigenvalue weighted by Gasteiger charge is -2.38. The van der Waals surface area contributed by atoms with E-state index in [1.807, 2.05) is 0 Å². The molecule has 1 fully saturated rings. The summed E-state index contributed by atoms with van der Waals surface area (Å²) in [5, 5.41) is 48.6. The zero-order valence-corrected chi connectivity index (χ0v) is 17.0. The van der Waals surface area contributed by atoms with E-state index >= 15 is 0 Å². The van der Waals surface area contributed by atoms with Crippen LogP contribution in [0.4, 0.5) is 4.39 Å². The molecule has 5 N–H and O–H groups in total. The van der Waals surface area contributed by atoms with Crippen molar-refractivity contribution >= 4 is 17.1 Å². The number of phenols is 1. The van der Waals surface area contributed by atoms with Crippen LogP contribution < -0.4 is 4.74 Å². The van der Waals surface area contributed by atoms with E-state index in [-0.39, 0.29) is 17.2 Å². The highest BCUT2D eigenvalue weighted by molar-refractivity contribution is 5.81. The number of carboxylic acid groups (broad SMARTS) is 1. The minimum atomic E-state index is -1.85. The van der Waals surface area contributed by atoms with Gasteiger partial charge < -0.3 is 39.4 Å². The molecule has 1 aliphatic heterocycles. The highest BCUT2D eigenvalue weighted by atomic mass is 19.1. The first-order valence-corrected chi connectivity index (χ1v) is 9.82. The van der Waals surface area contributed by atoms with Gasteiger partial charge in [0, 0.05) is 17.2 Å². The second-order valence-electron chi connectivity index (χ2n) is 7.46. The molecule has 174 valence electrons. The van der Waals surface area contributed by atoms with Gasteiger partial charge in [-0.3, -0.25) is 0 Å². The number of ether oxygens (including phenoxy) is 2. The van der Waals surface area contributed by atoms with Gasteiger partial charge in [-0.15, -0.1) is 6.58 Å². The molecule has 1 aliphatic rings. The largest absolute Gasteiger partial charge is 0.505 e. The number of fused-ring (bicyclic) bond motifs is 1. The molecule has 3 aromatic rings. The highest BCUT2D eigenvalue weighted by Gasteiger charge is 2.48. The van der Waals surface area contributed by atoms with Crippen molar-refractivity contribution in [1.29, 1.82) is 0 Å². The monoisotopic (exact) mass is 461 g/mol. The quantitative estimate of drug-likeness (QED) is 0.339. The van der Waals surface area contributed by atoms with Crippen LogP contribution in [0.25, 0.3) is 22.6 Å². The van der Waals surface area contributed by atoms with Gasteiger partial charge in [0.2, 0.25) is 12.2 Å². The molecule has 1 saturated heterocycles. The van der Waals surface area contributed by atoms with Crippen molar-refractivity contribution in [2.75, 3.05) is 0 Å². The van der Waals surface area contributed by atoms with E-state index in [1.165, 1.54) is 24.3 Å². The number of hydrogen-bond donors (Lipinski definition) is 5. The summed E-state index contributed by atoms with van der Waals surface area (Å²) in [5.74, 6) is -2.72. The molecule has 0 amide bonds. The SMILES string of the molecule is C=CCc1cc(OC2O[C@H](C(=O)O)[C@@H](O)[C@H](O)[C@H]2O)cc2nc(-c3ccc(O)c(F)c3)oc12. The standard InChI is InChI=1S/C22H20FNO9/c1-2-3-9-6-11(31-22-17(28)15(26)16(27)19(33-22)21(29)30)8-13-18(9)32-20(24-13)10-4-5-14(25)12(23)7-10/h2,4-8,15-17,19,22,25-28H,1,3H2,(H,29,30)/t15-,16-,17+,19-,22?/m0/s1. The van der Waals surface area contributed by atoms with Crippen LogP contribution in [0.2, 0.25) is 0 Å². The van der Waals surface area contributed by atoms with Gasteiger partial charge >= 0.3 is 5.97 Å². The number of hydrogen-bond acceptors (Lipinski definition) is 9. The number of allylic oxidation sites excluding steroid dienone is 1. The van der Waals surface area contributed by atoms with Crippen molar-refractivity contribution in [2.45, 2.75) is 37.1 Å². The number of aromatic nitrogens is 1. The van der Waals surface area contributed by atoms with Crippen molar-refractivity contribution in [3.63, 3.8) is 0 Å². The van der Waals surface area contributed by atoms with Gasteiger partial charge in [-0.2, -0.15) is 0 Å². The molecule has 0 spiro atoms. The fraction of sp³-hybridized carbons (Fsp3) is 0.273. The van der Waals surface area contributed by atoms with E-state index in [1.54, 1.807) is 6.08 Å². The molecular weight excluding hydrogens is 441 g/mol. The van der Waals surface area contributed by atoms with Crippen LogP contribution in [-0.2, 0) is 16.0 Å². The van der Waals surface area contributed by atoms with E-state index in [4.69, 9.17) is 13.9 Å². The van der Waals surface area contributed by atoms with Crippen LogP contribution >= 0.6 is 0 Å². The minimum Gasteiger partial charge on any atom is -0.505 e. The number of rotatable bonds is 6. The first-order chi connectivity index (χ1) is 15.7. The molecule has 10 nitrogen and oxygen atoms in total. The molecule has 1 aromatic heterocycles. The van der Waals surface area contributed by atoms with Crippen molar-refractivity contribution in [2.24, 2.45) is 0 Å². The lowest BCUT2D eigenvalue weighted by molar-refractivity contribution is -0.271. The van der Waals surface area contributed by atoms with Crippen molar-refractivity contribution in [1.82, 2.24) is 4.98 Å². The minimum absolute atomic E-state index is 0.0739. The normalized spacial score (nSPS) is 25.2. The Labute approximate surface area is 185 Å². The molecular formula is C22H20FNO9. The molecule has 33 heavy (non-hydrogen) atoms. The van der Waals surface area contributed by atoms with Gasteiger partial charge in [0.05, 0.1) is 0 Å². The summed E-state index contributed by atoms with van der Waals surface area (Å²) in [6.07, 6.45) is -6.90. The van der Waals surface area contributed by atoms with Crippen LogP contribution in [-0.4, -0.2) is 67.2 Å². The van der Waals surface area contributed by atoms with Gasteiger partial charge in [-0.25, -0.2) is 14.2 Å². The lowest BCUT2D eigenvalue weighted by atomic mass is 9.99. The number of aromatic hydroxyl groups is 1. The number of aliphatic carboxylic acids is 1. The number of nitrogens with zero attached hydrogens (tertiary/aromatic N) is 1. The van der Waals surface area contributed by atoms with Crippen LogP contribution in [0.1, 0.15) is 5.56 Å². The summed E-state index contributed by atoms with van der Waals surface area (Å²) in [7, 11) is 0. The third-order valence-corrected chi connectivity index (χ3v) is 5.16. The number of aliphatic hydroxyl groups is 3. The lowest BCUT2D eigenvalue weighted by Crippen LogP contribution is -2.61. The second kappa shape index (κ2) is 8.79. The van der Waals surface area contributed by atoms with Gasteiger partial charge in [-0.1, -0.05) is 6.08 Å². The van der Waals surface area contributed by atoms with Crippen molar-refractivity contribution < 1.29 is 48.6 Å². The summed E-state index contributed by atoms with van der Waals surface area (Å²) in [4.78, 5) is 15.6. The zero-order chi connectivity index (χ0) is 23.9. The molecule has 2 heterocycles. The molecule has 4 rings (SSSR count). The summed E-state index contributed by atoms with van der Waals surface area (Å²) in [6, 6.07) is 6.61. The Morgan fingerprint density at radius 1 is 1.18 bits per heavy atom. The summed E-state index contributed by atoms with van der Waals surface area (Å²) in [5.41, 5.74) is 1.50. The fourth-order valence-electron chi connectivity index (χ4n) is 3.50. The van der Waals surface area contributed by atoms with Gasteiger partial charge in [0.25, 0.3) is 0 Å². The van der Waals surface area contributed by atoms with Crippen LogP contribution in [0.3, 0.4) is 0 Å². The summed E-state index contributed by atoms with van der Waals surface area (Å²) < 4.78 is 30.3. The van der Waals surface area contributed by atoms with E-state index in [9.17, 15) is 34.7 Å². The number of oxazole rings is 1. The molecule has 5 atom stereocenters. The first-order valence-electron chi connectivity index (χ1n) is 9.82. The Bertz CT molecular complexity index is 1210. The summed E-state index contributed by atoms with van der Waals surface area (Å²) in [6.45, 7) is 3.68. The maximum atomic E-state index is 13.8. The Balaban J connectivity index is 1.70. The predicted molar refractivity (Wildman–Crippen MR) is 110 cm³/mol. The number of carbonyl (C=O) groups is 1. The maximum absolute atomic E-state index is 13.8. The molecule has 0 radical (unpaired) electrons. The number of benzene rings is 2. The van der Waals surface area contributed by atoms with Crippen molar-refractivity contribution in [3.8, 4) is 23.0 Å². The Morgan fingerprint density at radius 2 is 1.94 bits per heavy atom. The third-order valence-electron chi connectivity index (χ3n) is 5.16. The van der Waals surface area contributed by atoms with E-state index in [2.05, 4.69) is 11.6 Å². The zero-order valence-electron chi connectivity index (χ0n) is 17.0. The van der Waals surface area contributed by atoms with Gasteiger partial charge in [0.1, 0.15) is 29.6 Å².